The first kappa shape index (κ1) is 9.16. The summed E-state index contributed by atoms with van der Waals surface area (Å²) in [5.74, 6) is -1.10. The van der Waals surface area contributed by atoms with Crippen molar-refractivity contribution in [1.82, 2.24) is 4.90 Å². The molecule has 1 unspecified atom stereocenters. The Kier molecular flexibility index (Phi) is 2.45. The van der Waals surface area contributed by atoms with Gasteiger partial charge in [-0.3, -0.25) is 14.5 Å². The molecule has 0 aliphatic carbocycles. The van der Waals surface area contributed by atoms with E-state index in [1.54, 1.807) is 13.8 Å². The number of amides is 2. The number of halogens is 1. The highest BCUT2D eigenvalue weighted by molar-refractivity contribution is 6.02. The molecule has 1 saturated heterocycles. The van der Waals surface area contributed by atoms with Crippen LogP contribution in [0.5, 0.6) is 0 Å². The fourth-order valence-corrected chi connectivity index (χ4v) is 1.17. The molecule has 0 aromatic rings. The van der Waals surface area contributed by atoms with Crippen LogP contribution in [0.4, 0.5) is 4.39 Å². The van der Waals surface area contributed by atoms with Gasteiger partial charge >= 0.3 is 0 Å². The summed E-state index contributed by atoms with van der Waals surface area (Å²) in [4.78, 5) is 22.7. The Morgan fingerprint density at radius 3 is 2.00 bits per heavy atom. The van der Waals surface area contributed by atoms with Gasteiger partial charge in [0.25, 0.3) is 0 Å². The number of nitrogens with zero attached hydrogens (tertiary/aromatic N) is 1. The molecule has 1 atom stereocenters. The Morgan fingerprint density at radius 2 is 1.67 bits per heavy atom. The Bertz CT molecular complexity index is 199. The van der Waals surface area contributed by atoms with Crippen LogP contribution in [0.25, 0.3) is 0 Å². The second-order valence-electron chi connectivity index (χ2n) is 3.27. The van der Waals surface area contributed by atoms with Crippen molar-refractivity contribution in [3.63, 3.8) is 0 Å². The number of imide groups is 1. The molecule has 1 fully saturated rings. The number of hydrogen-bond donors (Lipinski definition) is 0. The molecule has 1 rings (SSSR count). The average Bonchev–Trinajstić information content (AvgIpc) is 2.30. The monoisotopic (exact) mass is 173 g/mol. The van der Waals surface area contributed by atoms with Gasteiger partial charge in [-0.1, -0.05) is 13.8 Å². The van der Waals surface area contributed by atoms with Gasteiger partial charge in [0, 0.05) is 18.8 Å². The van der Waals surface area contributed by atoms with E-state index in [-0.39, 0.29) is 30.6 Å². The van der Waals surface area contributed by atoms with Crippen LogP contribution in [-0.4, -0.2) is 23.0 Å². The lowest BCUT2D eigenvalue weighted by Crippen LogP contribution is -2.39. The lowest BCUT2D eigenvalue weighted by Gasteiger charge is -2.21. The minimum absolute atomic E-state index is 0.159. The zero-order valence-corrected chi connectivity index (χ0v) is 7.21. The third kappa shape index (κ3) is 1.47. The summed E-state index contributed by atoms with van der Waals surface area (Å²) >= 11 is 0. The SMILES string of the molecule is CC(C)C(F)N1C(=O)CCC1=O. The molecule has 0 saturated carbocycles. The minimum Gasteiger partial charge on any atom is -0.274 e. The topological polar surface area (TPSA) is 37.4 Å². The lowest BCUT2D eigenvalue weighted by atomic mass is 10.2. The highest BCUT2D eigenvalue weighted by Crippen LogP contribution is 2.20. The van der Waals surface area contributed by atoms with Crippen molar-refractivity contribution < 1.29 is 14.0 Å². The van der Waals surface area contributed by atoms with Crippen molar-refractivity contribution in [3.05, 3.63) is 0 Å². The van der Waals surface area contributed by atoms with E-state index in [1.165, 1.54) is 0 Å². The summed E-state index contributed by atoms with van der Waals surface area (Å²) in [6.07, 6.45) is -1.13. The molecule has 1 heterocycles. The number of carbonyl (C=O) groups excluding carboxylic acids is 2. The van der Waals surface area contributed by atoms with Crippen molar-refractivity contribution in [2.75, 3.05) is 0 Å². The fraction of sp³-hybridized carbons (Fsp3) is 0.750. The molecule has 2 amide bonds. The molecule has 0 bridgehead atoms. The Morgan fingerprint density at radius 1 is 1.25 bits per heavy atom. The number of likely N-dealkylation sites (tertiary alicyclic amines) is 1. The van der Waals surface area contributed by atoms with E-state index in [9.17, 15) is 14.0 Å². The number of hydrogen-bond acceptors (Lipinski definition) is 2. The van der Waals surface area contributed by atoms with Gasteiger partial charge in [0.05, 0.1) is 0 Å². The van der Waals surface area contributed by atoms with Crippen LogP contribution in [0.3, 0.4) is 0 Å². The molecular weight excluding hydrogens is 161 g/mol. The van der Waals surface area contributed by atoms with E-state index < -0.39 is 6.30 Å². The molecule has 0 spiro atoms. The predicted octanol–water partition coefficient (Wildman–Crippen LogP) is 1.09. The van der Waals surface area contributed by atoms with E-state index >= 15 is 0 Å². The van der Waals surface area contributed by atoms with Crippen LogP contribution >= 0.6 is 0 Å². The van der Waals surface area contributed by atoms with Gasteiger partial charge in [-0.25, -0.2) is 4.39 Å². The summed E-state index contributed by atoms with van der Waals surface area (Å²) < 4.78 is 13.2. The minimum atomic E-state index is -1.45. The van der Waals surface area contributed by atoms with E-state index in [4.69, 9.17) is 0 Å². The van der Waals surface area contributed by atoms with Gasteiger partial charge in [0.2, 0.25) is 11.8 Å². The summed E-state index contributed by atoms with van der Waals surface area (Å²) in [7, 11) is 0. The van der Waals surface area contributed by atoms with Crippen LogP contribution in [0.15, 0.2) is 0 Å². The molecule has 0 aromatic heterocycles. The largest absolute Gasteiger partial charge is 0.274 e. The highest BCUT2D eigenvalue weighted by Gasteiger charge is 2.36. The first-order valence-corrected chi connectivity index (χ1v) is 4.03. The molecule has 68 valence electrons. The van der Waals surface area contributed by atoms with Crippen molar-refractivity contribution in [2.24, 2.45) is 5.92 Å². The summed E-state index contributed by atoms with van der Waals surface area (Å²) in [5, 5.41) is 0. The standard InChI is InChI=1S/C8H12FNO2/c1-5(2)8(9)10-6(11)3-4-7(10)12/h5,8H,3-4H2,1-2H3. The fourth-order valence-electron chi connectivity index (χ4n) is 1.17. The van der Waals surface area contributed by atoms with Crippen LogP contribution in [0.1, 0.15) is 26.7 Å². The molecule has 3 nitrogen and oxygen atoms in total. The number of carbonyl (C=O) groups is 2. The van der Waals surface area contributed by atoms with Crippen LogP contribution in [0, 0.1) is 5.92 Å². The maximum atomic E-state index is 13.2. The quantitative estimate of drug-likeness (QED) is 0.463. The van der Waals surface area contributed by atoms with Crippen LogP contribution < -0.4 is 0 Å². The zero-order chi connectivity index (χ0) is 9.30. The van der Waals surface area contributed by atoms with Gasteiger partial charge in [-0.15, -0.1) is 0 Å². The smallest absolute Gasteiger partial charge is 0.232 e. The molecule has 0 aromatic carbocycles. The summed E-state index contributed by atoms with van der Waals surface area (Å²) in [6.45, 7) is 3.28. The second kappa shape index (κ2) is 3.21. The lowest BCUT2D eigenvalue weighted by molar-refractivity contribution is -0.146. The first-order valence-electron chi connectivity index (χ1n) is 4.03. The van der Waals surface area contributed by atoms with Crippen LogP contribution in [-0.2, 0) is 9.59 Å². The summed E-state index contributed by atoms with van der Waals surface area (Å²) in [6, 6.07) is 0. The molecule has 1 aliphatic rings. The number of alkyl halides is 1. The molecule has 1 aliphatic heterocycles. The maximum Gasteiger partial charge on any atom is 0.232 e. The van der Waals surface area contributed by atoms with E-state index in [2.05, 4.69) is 0 Å². The third-order valence-electron chi connectivity index (χ3n) is 1.89. The van der Waals surface area contributed by atoms with Crippen molar-refractivity contribution in [1.29, 1.82) is 0 Å². The summed E-state index contributed by atoms with van der Waals surface area (Å²) in [5.41, 5.74) is 0. The Labute approximate surface area is 70.5 Å². The van der Waals surface area contributed by atoms with Gasteiger partial charge < -0.3 is 0 Å². The molecule has 12 heavy (non-hydrogen) atoms. The van der Waals surface area contributed by atoms with E-state index in [0.29, 0.717) is 0 Å². The molecule has 0 N–H and O–H groups in total. The number of rotatable bonds is 2. The molecule has 4 heteroatoms. The second-order valence-corrected chi connectivity index (χ2v) is 3.27. The van der Waals surface area contributed by atoms with E-state index in [1.807, 2.05) is 0 Å². The zero-order valence-electron chi connectivity index (χ0n) is 7.21. The van der Waals surface area contributed by atoms with Gasteiger partial charge in [0.15, 0.2) is 6.30 Å². The van der Waals surface area contributed by atoms with E-state index in [0.717, 1.165) is 4.90 Å². The van der Waals surface area contributed by atoms with Gasteiger partial charge in [-0.2, -0.15) is 0 Å². The third-order valence-corrected chi connectivity index (χ3v) is 1.89. The molecule has 0 radical (unpaired) electrons. The van der Waals surface area contributed by atoms with Crippen molar-refractivity contribution >= 4 is 11.8 Å². The maximum absolute atomic E-state index is 13.2. The molecular formula is C8H12FNO2. The normalized spacial score (nSPS) is 20.8. The highest BCUT2D eigenvalue weighted by atomic mass is 19.1. The van der Waals surface area contributed by atoms with Gasteiger partial charge in [-0.05, 0) is 0 Å². The first-order chi connectivity index (χ1) is 5.54. The Balaban J connectivity index is 2.72. The van der Waals surface area contributed by atoms with Crippen molar-refractivity contribution in [2.45, 2.75) is 33.0 Å². The predicted molar refractivity (Wildman–Crippen MR) is 40.8 cm³/mol. The van der Waals surface area contributed by atoms with Gasteiger partial charge in [0.1, 0.15) is 0 Å². The average molecular weight is 173 g/mol. The van der Waals surface area contributed by atoms with Crippen LogP contribution in [0.2, 0.25) is 0 Å². The van der Waals surface area contributed by atoms with Crippen molar-refractivity contribution in [3.8, 4) is 0 Å². The Hall–Kier alpha value is -0.930.